The number of hydrogen-bond acceptors (Lipinski definition) is 2. The van der Waals surface area contributed by atoms with Gasteiger partial charge in [0.15, 0.2) is 5.78 Å². The van der Waals surface area contributed by atoms with Crippen molar-refractivity contribution >= 4 is 5.78 Å². The van der Waals surface area contributed by atoms with Gasteiger partial charge in [-0.05, 0) is 25.1 Å². The van der Waals surface area contributed by atoms with Gasteiger partial charge in [-0.25, -0.2) is 0 Å². The number of ketones is 1. The molecule has 0 spiro atoms. The van der Waals surface area contributed by atoms with Gasteiger partial charge >= 0.3 is 0 Å². The van der Waals surface area contributed by atoms with Crippen molar-refractivity contribution in [3.63, 3.8) is 0 Å². The molecule has 0 fully saturated rings. The van der Waals surface area contributed by atoms with Gasteiger partial charge in [0.25, 0.3) is 0 Å². The highest BCUT2D eigenvalue weighted by Gasteiger charge is 2.14. The van der Waals surface area contributed by atoms with Gasteiger partial charge in [-0.15, -0.1) is 6.42 Å². The van der Waals surface area contributed by atoms with Crippen LogP contribution >= 0.6 is 0 Å². The maximum Gasteiger partial charge on any atom is 0.196 e. The third-order valence-electron chi connectivity index (χ3n) is 2.92. The zero-order chi connectivity index (χ0) is 13.8. The molecule has 2 aromatic rings. The van der Waals surface area contributed by atoms with E-state index in [1.807, 2.05) is 19.1 Å². The van der Waals surface area contributed by atoms with Crippen LogP contribution in [0.15, 0.2) is 42.5 Å². The average molecular weight is 250 g/mol. The Kier molecular flexibility index (Phi) is 3.68. The van der Waals surface area contributed by atoms with E-state index in [-0.39, 0.29) is 5.78 Å². The summed E-state index contributed by atoms with van der Waals surface area (Å²) in [6.45, 7) is 1.98. The molecule has 0 unspecified atom stereocenters. The molecule has 0 aliphatic rings. The van der Waals surface area contributed by atoms with Gasteiger partial charge in [0.2, 0.25) is 0 Å². The van der Waals surface area contributed by atoms with Crippen molar-refractivity contribution in [2.45, 2.75) is 6.92 Å². The molecule has 2 heteroatoms. The van der Waals surface area contributed by atoms with Crippen molar-refractivity contribution in [1.82, 2.24) is 0 Å². The standard InChI is InChI=1S/C17H14O2/c1-4-13-7-10-16(19-3)15(11-13)17(18)14-8-5-12(2)6-9-14/h1,5-11H,2-3H3. The van der Waals surface area contributed by atoms with Gasteiger partial charge in [-0.3, -0.25) is 4.79 Å². The molecular weight excluding hydrogens is 236 g/mol. The molecule has 0 saturated carbocycles. The normalized spacial score (nSPS) is 9.74. The van der Waals surface area contributed by atoms with Crippen LogP contribution in [0, 0.1) is 19.3 Å². The largest absolute Gasteiger partial charge is 0.496 e. The Balaban J connectivity index is 2.48. The maximum atomic E-state index is 12.5. The molecule has 0 heterocycles. The van der Waals surface area contributed by atoms with Gasteiger partial charge < -0.3 is 4.74 Å². The number of carbonyl (C=O) groups excluding carboxylic acids is 1. The molecule has 0 amide bonds. The molecule has 2 nitrogen and oxygen atoms in total. The van der Waals surface area contributed by atoms with Crippen LogP contribution < -0.4 is 4.74 Å². The second-order valence-electron chi connectivity index (χ2n) is 4.25. The Hall–Kier alpha value is -2.53. The quantitative estimate of drug-likeness (QED) is 0.617. The Morgan fingerprint density at radius 2 is 1.84 bits per heavy atom. The molecule has 2 aromatic carbocycles. The van der Waals surface area contributed by atoms with E-state index in [0.29, 0.717) is 22.4 Å². The first kappa shape index (κ1) is 12.9. The van der Waals surface area contributed by atoms with Crippen LogP contribution in [0.3, 0.4) is 0 Å². The summed E-state index contributed by atoms with van der Waals surface area (Å²) in [5, 5.41) is 0. The summed E-state index contributed by atoms with van der Waals surface area (Å²) in [5.74, 6) is 2.97. The van der Waals surface area contributed by atoms with Gasteiger partial charge in [0.05, 0.1) is 12.7 Å². The van der Waals surface area contributed by atoms with E-state index in [4.69, 9.17) is 11.2 Å². The maximum absolute atomic E-state index is 12.5. The minimum atomic E-state index is -0.0889. The van der Waals surface area contributed by atoms with E-state index in [1.54, 1.807) is 30.3 Å². The van der Waals surface area contributed by atoms with Crippen molar-refractivity contribution in [3.8, 4) is 18.1 Å². The van der Waals surface area contributed by atoms with Crippen LogP contribution in [0.25, 0.3) is 0 Å². The number of hydrogen-bond donors (Lipinski definition) is 0. The smallest absolute Gasteiger partial charge is 0.196 e. The van der Waals surface area contributed by atoms with Crippen LogP contribution in [0.1, 0.15) is 27.0 Å². The minimum absolute atomic E-state index is 0.0889. The number of methoxy groups -OCH3 is 1. The van der Waals surface area contributed by atoms with E-state index >= 15 is 0 Å². The zero-order valence-corrected chi connectivity index (χ0v) is 10.9. The van der Waals surface area contributed by atoms with Crippen LogP contribution in [0.5, 0.6) is 5.75 Å². The second kappa shape index (κ2) is 5.41. The number of aryl methyl sites for hydroxylation is 1. The molecule has 0 bridgehead atoms. The van der Waals surface area contributed by atoms with E-state index in [1.165, 1.54) is 7.11 Å². The van der Waals surface area contributed by atoms with Crippen molar-refractivity contribution in [3.05, 3.63) is 64.7 Å². The number of terminal acetylenes is 1. The predicted octanol–water partition coefficient (Wildman–Crippen LogP) is 3.22. The first-order chi connectivity index (χ1) is 9.15. The van der Waals surface area contributed by atoms with Crippen molar-refractivity contribution in [2.75, 3.05) is 7.11 Å². The molecule has 0 aliphatic heterocycles. The molecule has 0 aliphatic carbocycles. The molecule has 0 aromatic heterocycles. The fourth-order valence-corrected chi connectivity index (χ4v) is 1.84. The van der Waals surface area contributed by atoms with E-state index in [0.717, 1.165) is 5.56 Å². The molecular formula is C17H14O2. The monoisotopic (exact) mass is 250 g/mol. The highest BCUT2D eigenvalue weighted by atomic mass is 16.5. The lowest BCUT2D eigenvalue weighted by molar-refractivity contribution is 0.103. The van der Waals surface area contributed by atoms with Crippen molar-refractivity contribution in [2.24, 2.45) is 0 Å². The molecule has 94 valence electrons. The Morgan fingerprint density at radius 1 is 1.16 bits per heavy atom. The minimum Gasteiger partial charge on any atom is -0.496 e. The highest BCUT2D eigenvalue weighted by molar-refractivity contribution is 6.10. The Labute approximate surface area is 113 Å². The summed E-state index contributed by atoms with van der Waals surface area (Å²) in [6.07, 6.45) is 5.37. The fourth-order valence-electron chi connectivity index (χ4n) is 1.84. The van der Waals surface area contributed by atoms with Gasteiger partial charge in [-0.2, -0.15) is 0 Å². The van der Waals surface area contributed by atoms with E-state index < -0.39 is 0 Å². The topological polar surface area (TPSA) is 26.3 Å². The predicted molar refractivity (Wildman–Crippen MR) is 75.5 cm³/mol. The van der Waals surface area contributed by atoms with E-state index in [9.17, 15) is 4.79 Å². The summed E-state index contributed by atoms with van der Waals surface area (Å²) < 4.78 is 5.22. The number of benzene rings is 2. The highest BCUT2D eigenvalue weighted by Crippen LogP contribution is 2.23. The van der Waals surface area contributed by atoms with E-state index in [2.05, 4.69) is 5.92 Å². The van der Waals surface area contributed by atoms with Crippen molar-refractivity contribution in [1.29, 1.82) is 0 Å². The molecule has 0 saturated heterocycles. The third kappa shape index (κ3) is 2.66. The number of ether oxygens (including phenoxy) is 1. The zero-order valence-electron chi connectivity index (χ0n) is 10.9. The summed E-state index contributed by atoms with van der Waals surface area (Å²) >= 11 is 0. The molecule has 19 heavy (non-hydrogen) atoms. The lowest BCUT2D eigenvalue weighted by atomic mass is 9.99. The van der Waals surface area contributed by atoms with Crippen molar-refractivity contribution < 1.29 is 9.53 Å². The fraction of sp³-hybridized carbons (Fsp3) is 0.118. The van der Waals surface area contributed by atoms with Gasteiger partial charge in [0, 0.05) is 11.1 Å². The van der Waals surface area contributed by atoms with Crippen LogP contribution in [0.2, 0.25) is 0 Å². The lowest BCUT2D eigenvalue weighted by Gasteiger charge is -2.08. The van der Waals surface area contributed by atoms with Gasteiger partial charge in [0.1, 0.15) is 5.75 Å². The SMILES string of the molecule is C#Cc1ccc(OC)c(C(=O)c2ccc(C)cc2)c1. The first-order valence-corrected chi connectivity index (χ1v) is 5.91. The molecule has 2 rings (SSSR count). The van der Waals surface area contributed by atoms with Crippen LogP contribution in [0.4, 0.5) is 0 Å². The van der Waals surface area contributed by atoms with Gasteiger partial charge in [-0.1, -0.05) is 35.7 Å². The lowest BCUT2D eigenvalue weighted by Crippen LogP contribution is -2.04. The summed E-state index contributed by atoms with van der Waals surface area (Å²) in [7, 11) is 1.54. The molecule has 0 N–H and O–H groups in total. The first-order valence-electron chi connectivity index (χ1n) is 5.91. The Bertz CT molecular complexity index is 646. The summed E-state index contributed by atoms with van der Waals surface area (Å²) in [6, 6.07) is 12.6. The number of carbonyl (C=O) groups is 1. The van der Waals surface area contributed by atoms with Crippen LogP contribution in [-0.4, -0.2) is 12.9 Å². The third-order valence-corrected chi connectivity index (χ3v) is 2.92. The number of rotatable bonds is 3. The average Bonchev–Trinajstić information content (AvgIpc) is 2.46. The summed E-state index contributed by atoms with van der Waals surface area (Å²) in [5.41, 5.74) is 2.89. The molecule has 0 radical (unpaired) electrons. The Morgan fingerprint density at radius 3 is 2.42 bits per heavy atom. The second-order valence-corrected chi connectivity index (χ2v) is 4.25. The summed E-state index contributed by atoms with van der Waals surface area (Å²) in [4.78, 5) is 12.5. The van der Waals surface area contributed by atoms with Crippen LogP contribution in [-0.2, 0) is 0 Å². The molecule has 0 atom stereocenters.